The first-order valence-corrected chi connectivity index (χ1v) is 7.12. The molecule has 0 saturated heterocycles. The van der Waals surface area contributed by atoms with Crippen LogP contribution in [0.25, 0.3) is 0 Å². The molecule has 0 heterocycles. The molecule has 104 valence electrons. The molecule has 0 spiro atoms. The Kier molecular flexibility index (Phi) is 4.46. The second kappa shape index (κ2) is 6.09. The summed E-state index contributed by atoms with van der Waals surface area (Å²) < 4.78 is 5.58. The van der Waals surface area contributed by atoms with E-state index in [1.165, 1.54) is 12.8 Å². The van der Waals surface area contributed by atoms with Crippen LogP contribution in [0.4, 0.5) is 0 Å². The molecular formula is C16H23NO2. The molecule has 19 heavy (non-hydrogen) atoms. The lowest BCUT2D eigenvalue weighted by molar-refractivity contribution is 0.0735. The van der Waals surface area contributed by atoms with Crippen LogP contribution in [0, 0.1) is 0 Å². The summed E-state index contributed by atoms with van der Waals surface area (Å²) in [6.07, 6.45) is 4.91. The van der Waals surface area contributed by atoms with Crippen molar-refractivity contribution in [3.63, 3.8) is 0 Å². The van der Waals surface area contributed by atoms with Gasteiger partial charge in [-0.3, -0.25) is 4.79 Å². The second-order valence-corrected chi connectivity index (χ2v) is 5.55. The summed E-state index contributed by atoms with van der Waals surface area (Å²) >= 11 is 0. The van der Waals surface area contributed by atoms with Crippen LogP contribution in [0.2, 0.25) is 0 Å². The van der Waals surface area contributed by atoms with Crippen LogP contribution in [0.1, 0.15) is 49.9 Å². The molecule has 0 atom stereocenters. The summed E-state index contributed by atoms with van der Waals surface area (Å²) in [5, 5.41) is 0. The van der Waals surface area contributed by atoms with Crippen LogP contribution >= 0.6 is 0 Å². The Morgan fingerprint density at radius 2 is 1.79 bits per heavy atom. The first-order valence-electron chi connectivity index (χ1n) is 7.12. The van der Waals surface area contributed by atoms with E-state index < -0.39 is 0 Å². The Morgan fingerprint density at radius 3 is 2.32 bits per heavy atom. The van der Waals surface area contributed by atoms with E-state index in [9.17, 15) is 4.79 Å². The number of carbonyl (C=O) groups excluding carboxylic acids is 1. The molecule has 2 rings (SSSR count). The normalized spacial score (nSPS) is 15.8. The maximum absolute atomic E-state index is 12.4. The Bertz CT molecular complexity index is 419. The van der Waals surface area contributed by atoms with E-state index in [2.05, 4.69) is 0 Å². The lowest BCUT2D eigenvalue weighted by Crippen LogP contribution is -2.35. The number of carbonyl (C=O) groups is 1. The molecule has 0 N–H and O–H groups in total. The molecule has 1 aliphatic rings. The predicted molar refractivity (Wildman–Crippen MR) is 76.6 cm³/mol. The van der Waals surface area contributed by atoms with Crippen LogP contribution in [0.15, 0.2) is 24.3 Å². The minimum Gasteiger partial charge on any atom is -0.491 e. The minimum absolute atomic E-state index is 0.114. The lowest BCUT2D eigenvalue weighted by atomic mass is 10.1. The van der Waals surface area contributed by atoms with Gasteiger partial charge in [0.15, 0.2) is 0 Å². The van der Waals surface area contributed by atoms with Gasteiger partial charge in [-0.2, -0.15) is 0 Å². The largest absolute Gasteiger partial charge is 0.491 e. The van der Waals surface area contributed by atoms with Crippen molar-refractivity contribution in [1.82, 2.24) is 4.90 Å². The van der Waals surface area contributed by atoms with Gasteiger partial charge in [0.25, 0.3) is 5.91 Å². The Labute approximate surface area is 115 Å². The number of hydrogen-bond acceptors (Lipinski definition) is 2. The molecule has 1 aromatic carbocycles. The fourth-order valence-corrected chi connectivity index (χ4v) is 2.61. The number of ether oxygens (including phenoxy) is 1. The predicted octanol–water partition coefficient (Wildman–Crippen LogP) is 3.49. The third kappa shape index (κ3) is 3.49. The van der Waals surface area contributed by atoms with Gasteiger partial charge < -0.3 is 9.64 Å². The highest BCUT2D eigenvalue weighted by Crippen LogP contribution is 2.24. The van der Waals surface area contributed by atoms with Crippen LogP contribution in [0.3, 0.4) is 0 Å². The maximum atomic E-state index is 12.4. The van der Waals surface area contributed by atoms with E-state index in [1.54, 1.807) is 0 Å². The Balaban J connectivity index is 2.02. The fraction of sp³-hybridized carbons (Fsp3) is 0.562. The molecular weight excluding hydrogens is 238 g/mol. The minimum atomic E-state index is 0.114. The van der Waals surface area contributed by atoms with E-state index in [0.29, 0.717) is 6.04 Å². The first kappa shape index (κ1) is 13.9. The smallest absolute Gasteiger partial charge is 0.253 e. The number of amides is 1. The van der Waals surface area contributed by atoms with E-state index >= 15 is 0 Å². The number of benzene rings is 1. The third-order valence-corrected chi connectivity index (χ3v) is 3.67. The van der Waals surface area contributed by atoms with Gasteiger partial charge in [0.2, 0.25) is 0 Å². The molecule has 0 aliphatic heterocycles. The highest BCUT2D eigenvalue weighted by atomic mass is 16.5. The average molecular weight is 261 g/mol. The first-order chi connectivity index (χ1) is 9.08. The molecule has 3 heteroatoms. The Hall–Kier alpha value is -1.51. The lowest BCUT2D eigenvalue weighted by Gasteiger charge is -2.24. The van der Waals surface area contributed by atoms with Crippen molar-refractivity contribution in [2.24, 2.45) is 0 Å². The Morgan fingerprint density at radius 1 is 1.21 bits per heavy atom. The molecule has 0 unspecified atom stereocenters. The van der Waals surface area contributed by atoms with Crippen LogP contribution in [-0.4, -0.2) is 30.0 Å². The average Bonchev–Trinajstić information content (AvgIpc) is 2.91. The van der Waals surface area contributed by atoms with Crippen molar-refractivity contribution >= 4 is 5.91 Å². The molecule has 1 aliphatic carbocycles. The van der Waals surface area contributed by atoms with Gasteiger partial charge in [0.1, 0.15) is 5.75 Å². The van der Waals surface area contributed by atoms with Crippen molar-refractivity contribution < 1.29 is 9.53 Å². The van der Waals surface area contributed by atoms with Crippen molar-refractivity contribution in [1.29, 1.82) is 0 Å². The zero-order valence-corrected chi connectivity index (χ0v) is 12.1. The summed E-state index contributed by atoms with van der Waals surface area (Å²) in [7, 11) is 1.91. The molecule has 1 saturated carbocycles. The molecule has 3 nitrogen and oxygen atoms in total. The molecule has 1 fully saturated rings. The quantitative estimate of drug-likeness (QED) is 0.830. The zero-order valence-electron chi connectivity index (χ0n) is 12.1. The second-order valence-electron chi connectivity index (χ2n) is 5.55. The van der Waals surface area contributed by atoms with Crippen molar-refractivity contribution in [2.45, 2.75) is 51.7 Å². The summed E-state index contributed by atoms with van der Waals surface area (Å²) in [6.45, 7) is 3.99. The van der Waals surface area contributed by atoms with Gasteiger partial charge >= 0.3 is 0 Å². The van der Waals surface area contributed by atoms with E-state index in [-0.39, 0.29) is 12.0 Å². The van der Waals surface area contributed by atoms with Gasteiger partial charge in [0, 0.05) is 18.7 Å². The van der Waals surface area contributed by atoms with E-state index in [1.807, 2.05) is 50.1 Å². The molecule has 1 amide bonds. The molecule has 0 bridgehead atoms. The number of nitrogens with zero attached hydrogens (tertiary/aromatic N) is 1. The summed E-state index contributed by atoms with van der Waals surface area (Å²) in [6, 6.07) is 7.86. The number of hydrogen-bond donors (Lipinski definition) is 0. The number of rotatable bonds is 4. The van der Waals surface area contributed by atoms with Crippen LogP contribution in [0.5, 0.6) is 5.75 Å². The standard InChI is InChI=1S/C16H23NO2/c1-12(2)19-15-10-8-13(9-11-15)16(18)17(3)14-6-4-5-7-14/h8-12,14H,4-7H2,1-3H3. The summed E-state index contributed by atoms with van der Waals surface area (Å²) in [4.78, 5) is 14.2. The molecule has 1 aromatic rings. The van der Waals surface area contributed by atoms with Gasteiger partial charge in [-0.25, -0.2) is 0 Å². The van der Waals surface area contributed by atoms with Gasteiger partial charge in [-0.15, -0.1) is 0 Å². The highest BCUT2D eigenvalue weighted by Gasteiger charge is 2.24. The van der Waals surface area contributed by atoms with Crippen LogP contribution in [-0.2, 0) is 0 Å². The van der Waals surface area contributed by atoms with E-state index in [4.69, 9.17) is 4.74 Å². The van der Waals surface area contributed by atoms with Crippen molar-refractivity contribution in [3.05, 3.63) is 29.8 Å². The van der Waals surface area contributed by atoms with Crippen molar-refractivity contribution in [3.8, 4) is 5.75 Å². The fourth-order valence-electron chi connectivity index (χ4n) is 2.61. The van der Waals surface area contributed by atoms with Gasteiger partial charge in [-0.1, -0.05) is 12.8 Å². The SMILES string of the molecule is CC(C)Oc1ccc(C(=O)N(C)C2CCCC2)cc1. The summed E-state index contributed by atoms with van der Waals surface area (Å²) in [5.41, 5.74) is 0.741. The van der Waals surface area contributed by atoms with Crippen molar-refractivity contribution in [2.75, 3.05) is 7.05 Å². The van der Waals surface area contributed by atoms with Crippen LogP contribution < -0.4 is 4.74 Å². The highest BCUT2D eigenvalue weighted by molar-refractivity contribution is 5.94. The summed E-state index contributed by atoms with van der Waals surface area (Å²) in [5.74, 6) is 0.929. The zero-order chi connectivity index (χ0) is 13.8. The van der Waals surface area contributed by atoms with Gasteiger partial charge in [0.05, 0.1) is 6.10 Å². The monoisotopic (exact) mass is 261 g/mol. The third-order valence-electron chi connectivity index (χ3n) is 3.67. The molecule has 0 radical (unpaired) electrons. The molecule has 0 aromatic heterocycles. The maximum Gasteiger partial charge on any atom is 0.253 e. The van der Waals surface area contributed by atoms with Gasteiger partial charge in [-0.05, 0) is 51.0 Å². The topological polar surface area (TPSA) is 29.5 Å². The van der Waals surface area contributed by atoms with E-state index in [0.717, 1.165) is 24.2 Å².